The van der Waals surface area contributed by atoms with Crippen molar-refractivity contribution < 1.29 is 14.3 Å². The highest BCUT2D eigenvalue weighted by molar-refractivity contribution is 7.07. The molecule has 6 heteroatoms. The van der Waals surface area contributed by atoms with Crippen LogP contribution in [0.4, 0.5) is 0 Å². The van der Waals surface area contributed by atoms with Crippen LogP contribution >= 0.6 is 11.3 Å². The summed E-state index contributed by atoms with van der Waals surface area (Å²) in [5.74, 6) is 1.07. The molecule has 0 aliphatic heterocycles. The zero-order chi connectivity index (χ0) is 17.5. The van der Waals surface area contributed by atoms with E-state index in [9.17, 15) is 4.79 Å². The molecule has 0 fully saturated rings. The lowest BCUT2D eigenvalue weighted by molar-refractivity contribution is 0.0778. The molecule has 0 spiro atoms. The number of carbonyl (C=O) groups is 1. The number of amides is 1. The predicted octanol–water partition coefficient (Wildman–Crippen LogP) is 3.77. The molecule has 24 heavy (non-hydrogen) atoms. The summed E-state index contributed by atoms with van der Waals surface area (Å²) >= 11 is 1.52. The van der Waals surface area contributed by atoms with Crippen LogP contribution < -0.4 is 9.47 Å². The molecule has 2 rings (SSSR count). The number of likely N-dealkylation sites (N-methyl/N-ethyl adjacent to an activating group) is 1. The van der Waals surface area contributed by atoms with Gasteiger partial charge in [-0.25, -0.2) is 4.98 Å². The molecule has 1 heterocycles. The van der Waals surface area contributed by atoms with Crippen molar-refractivity contribution in [1.29, 1.82) is 0 Å². The zero-order valence-electron chi connectivity index (χ0n) is 14.2. The second kappa shape index (κ2) is 8.49. The van der Waals surface area contributed by atoms with E-state index in [2.05, 4.69) is 11.6 Å². The van der Waals surface area contributed by atoms with Gasteiger partial charge in [-0.3, -0.25) is 4.79 Å². The highest BCUT2D eigenvalue weighted by Crippen LogP contribution is 2.29. The largest absolute Gasteiger partial charge is 0.493 e. The molecular formula is C18H22N2O3S. The molecule has 0 aliphatic carbocycles. The van der Waals surface area contributed by atoms with E-state index in [-0.39, 0.29) is 5.91 Å². The number of rotatable bonds is 8. The second-order valence-electron chi connectivity index (χ2n) is 5.41. The van der Waals surface area contributed by atoms with Gasteiger partial charge in [0.1, 0.15) is 6.61 Å². The predicted molar refractivity (Wildman–Crippen MR) is 95.8 cm³/mol. The van der Waals surface area contributed by atoms with Gasteiger partial charge in [0.2, 0.25) is 0 Å². The number of carbonyl (C=O) groups excluding carboxylic acids is 1. The number of thiazole rings is 1. The molecule has 2 aromatic rings. The van der Waals surface area contributed by atoms with Crippen LogP contribution in [0.5, 0.6) is 11.5 Å². The Labute approximate surface area is 146 Å². The van der Waals surface area contributed by atoms with Crippen LogP contribution in [0.15, 0.2) is 41.2 Å². The minimum atomic E-state index is -0.0511. The number of hydrogen-bond donors (Lipinski definition) is 0. The van der Waals surface area contributed by atoms with Crippen LogP contribution in [-0.2, 0) is 6.61 Å². The maximum absolute atomic E-state index is 12.6. The first-order valence-electron chi connectivity index (χ1n) is 7.66. The summed E-state index contributed by atoms with van der Waals surface area (Å²) in [6.07, 6.45) is 0. The molecule has 0 saturated heterocycles. The molecule has 0 aliphatic rings. The first-order chi connectivity index (χ1) is 11.5. The van der Waals surface area contributed by atoms with Gasteiger partial charge in [0.25, 0.3) is 5.91 Å². The van der Waals surface area contributed by atoms with E-state index in [0.29, 0.717) is 36.8 Å². The van der Waals surface area contributed by atoms with Crippen LogP contribution in [0.1, 0.15) is 29.9 Å². The van der Waals surface area contributed by atoms with E-state index >= 15 is 0 Å². The Kier molecular flexibility index (Phi) is 6.37. The molecule has 1 aromatic carbocycles. The van der Waals surface area contributed by atoms with Gasteiger partial charge < -0.3 is 14.4 Å². The van der Waals surface area contributed by atoms with Crippen molar-refractivity contribution >= 4 is 17.2 Å². The Morgan fingerprint density at radius 3 is 2.75 bits per heavy atom. The lowest BCUT2D eigenvalue weighted by atomic mass is 10.1. The maximum Gasteiger partial charge on any atom is 0.254 e. The van der Waals surface area contributed by atoms with Gasteiger partial charge in [-0.2, -0.15) is 0 Å². The topological polar surface area (TPSA) is 51.7 Å². The van der Waals surface area contributed by atoms with E-state index in [1.165, 1.54) is 11.3 Å². The molecule has 5 nitrogen and oxygen atoms in total. The minimum Gasteiger partial charge on any atom is -0.493 e. The third kappa shape index (κ3) is 4.58. The van der Waals surface area contributed by atoms with E-state index in [1.807, 2.05) is 19.2 Å². The average Bonchev–Trinajstić information content (AvgIpc) is 3.10. The van der Waals surface area contributed by atoms with Crippen molar-refractivity contribution in [3.8, 4) is 11.5 Å². The van der Waals surface area contributed by atoms with Crippen molar-refractivity contribution in [2.24, 2.45) is 0 Å². The Morgan fingerprint density at radius 1 is 1.38 bits per heavy atom. The summed E-state index contributed by atoms with van der Waals surface area (Å²) in [6, 6.07) is 5.22. The fourth-order valence-corrected chi connectivity index (χ4v) is 2.76. The summed E-state index contributed by atoms with van der Waals surface area (Å²) in [6.45, 7) is 9.26. The van der Waals surface area contributed by atoms with Gasteiger partial charge in [0.15, 0.2) is 11.5 Å². The quantitative estimate of drug-likeness (QED) is 0.683. The monoisotopic (exact) mass is 346 g/mol. The number of aromatic nitrogens is 1. The highest BCUT2D eigenvalue weighted by Gasteiger charge is 2.17. The Bertz CT molecular complexity index is 698. The molecule has 0 radical (unpaired) electrons. The fourth-order valence-electron chi connectivity index (χ4n) is 2.22. The van der Waals surface area contributed by atoms with Crippen molar-refractivity contribution in [2.45, 2.75) is 20.5 Å². The van der Waals surface area contributed by atoms with E-state index in [1.54, 1.807) is 35.7 Å². The SMILES string of the molecule is C=C(C)CN(CC)C(=O)c1ccc(OCc2cscn2)c(OC)c1. The molecule has 1 aromatic heterocycles. The molecule has 0 bridgehead atoms. The van der Waals surface area contributed by atoms with E-state index in [0.717, 1.165) is 11.3 Å². The Morgan fingerprint density at radius 2 is 2.17 bits per heavy atom. The third-order valence-corrected chi connectivity index (χ3v) is 4.03. The lowest BCUT2D eigenvalue weighted by Crippen LogP contribution is -2.32. The summed E-state index contributed by atoms with van der Waals surface area (Å²) in [5.41, 5.74) is 4.13. The van der Waals surface area contributed by atoms with E-state index < -0.39 is 0 Å². The number of methoxy groups -OCH3 is 1. The average molecular weight is 346 g/mol. The van der Waals surface area contributed by atoms with Crippen molar-refractivity contribution in [3.05, 3.63) is 52.5 Å². The fraction of sp³-hybridized carbons (Fsp3) is 0.333. The summed E-state index contributed by atoms with van der Waals surface area (Å²) in [5, 5.41) is 1.93. The Hall–Kier alpha value is -2.34. The third-order valence-electron chi connectivity index (χ3n) is 3.40. The van der Waals surface area contributed by atoms with Crippen molar-refractivity contribution in [2.75, 3.05) is 20.2 Å². The first-order valence-corrected chi connectivity index (χ1v) is 8.61. The molecule has 1 amide bonds. The van der Waals surface area contributed by atoms with Crippen LogP contribution in [0.2, 0.25) is 0 Å². The Balaban J connectivity index is 2.14. The van der Waals surface area contributed by atoms with Crippen molar-refractivity contribution in [3.63, 3.8) is 0 Å². The number of benzene rings is 1. The standard InChI is InChI=1S/C18H22N2O3S/c1-5-20(9-13(2)3)18(21)14-6-7-16(17(8-14)22-4)23-10-15-11-24-12-19-15/h6-8,11-12H,2,5,9-10H2,1,3-4H3. The molecule has 128 valence electrons. The highest BCUT2D eigenvalue weighted by atomic mass is 32.1. The number of hydrogen-bond acceptors (Lipinski definition) is 5. The van der Waals surface area contributed by atoms with Gasteiger partial charge in [-0.15, -0.1) is 11.3 Å². The first kappa shape index (κ1) is 18.0. The van der Waals surface area contributed by atoms with Crippen LogP contribution in [0, 0.1) is 0 Å². The maximum atomic E-state index is 12.6. The summed E-state index contributed by atoms with van der Waals surface area (Å²) < 4.78 is 11.1. The van der Waals surface area contributed by atoms with Gasteiger partial charge in [0, 0.05) is 24.0 Å². The molecule has 0 N–H and O–H groups in total. The molecule has 0 saturated carbocycles. The lowest BCUT2D eigenvalue weighted by Gasteiger charge is -2.21. The number of nitrogens with zero attached hydrogens (tertiary/aromatic N) is 2. The van der Waals surface area contributed by atoms with Crippen molar-refractivity contribution in [1.82, 2.24) is 9.88 Å². The van der Waals surface area contributed by atoms with Gasteiger partial charge in [-0.1, -0.05) is 12.2 Å². The van der Waals surface area contributed by atoms with Gasteiger partial charge in [0.05, 0.1) is 18.3 Å². The van der Waals surface area contributed by atoms with Gasteiger partial charge in [-0.05, 0) is 32.0 Å². The smallest absolute Gasteiger partial charge is 0.254 e. The van der Waals surface area contributed by atoms with Gasteiger partial charge >= 0.3 is 0 Å². The van der Waals surface area contributed by atoms with E-state index in [4.69, 9.17) is 9.47 Å². The zero-order valence-corrected chi connectivity index (χ0v) is 15.1. The number of ether oxygens (including phenoxy) is 2. The summed E-state index contributed by atoms with van der Waals surface area (Å²) in [4.78, 5) is 18.5. The molecule has 0 unspecified atom stereocenters. The molecular weight excluding hydrogens is 324 g/mol. The van der Waals surface area contributed by atoms with Crippen LogP contribution in [-0.4, -0.2) is 36.0 Å². The molecule has 0 atom stereocenters. The van der Waals surface area contributed by atoms with Crippen LogP contribution in [0.3, 0.4) is 0 Å². The summed E-state index contributed by atoms with van der Waals surface area (Å²) in [7, 11) is 1.56. The normalized spacial score (nSPS) is 10.3. The second-order valence-corrected chi connectivity index (χ2v) is 6.13. The van der Waals surface area contributed by atoms with Crippen LogP contribution in [0.25, 0.3) is 0 Å². The minimum absolute atomic E-state index is 0.0511.